The van der Waals surface area contributed by atoms with Crippen molar-refractivity contribution >= 4 is 11.8 Å². The average molecular weight is 378 g/mol. The van der Waals surface area contributed by atoms with Crippen LogP contribution in [0.15, 0.2) is 24.3 Å². The molecule has 1 aromatic carbocycles. The van der Waals surface area contributed by atoms with Crippen LogP contribution in [0.3, 0.4) is 0 Å². The predicted octanol–water partition coefficient (Wildman–Crippen LogP) is 3.61. The molecule has 2 aliphatic rings. The first kappa shape index (κ1) is 19.8. The number of rotatable bonds is 4. The van der Waals surface area contributed by atoms with Crippen molar-refractivity contribution in [2.24, 2.45) is 11.8 Å². The van der Waals surface area contributed by atoms with E-state index < -0.39 is 17.7 Å². The predicted molar refractivity (Wildman–Crippen MR) is 99.8 cm³/mol. The zero-order chi connectivity index (χ0) is 19.8. The Labute approximate surface area is 159 Å². The molecule has 0 spiro atoms. The first-order valence-electron chi connectivity index (χ1n) is 9.63. The fraction of sp³-hybridized carbons (Fsp3) is 0.619. The minimum absolute atomic E-state index is 0.0274. The summed E-state index contributed by atoms with van der Waals surface area (Å²) in [7, 11) is 0. The van der Waals surface area contributed by atoms with E-state index in [1.807, 2.05) is 24.3 Å². The van der Waals surface area contributed by atoms with Crippen molar-refractivity contribution in [1.29, 1.82) is 0 Å². The Bertz CT molecular complexity index is 704. The van der Waals surface area contributed by atoms with Crippen molar-refractivity contribution in [3.8, 4) is 0 Å². The van der Waals surface area contributed by atoms with Crippen LogP contribution < -0.4 is 5.32 Å². The number of amides is 2. The van der Waals surface area contributed by atoms with Crippen LogP contribution in [-0.4, -0.2) is 42.3 Å². The molecule has 1 aliphatic heterocycles. The first-order valence-corrected chi connectivity index (χ1v) is 9.63. The Kier molecular flexibility index (Phi) is 5.28. The number of likely N-dealkylation sites (tertiary alicyclic amines) is 1. The SMILES string of the molecule is CC(C)(C)c1ccc(C(=O)N2CC(CNC(=O)C3CCCC3(F)F)C2)cc1. The largest absolute Gasteiger partial charge is 0.355 e. The number of hydrogen-bond donors (Lipinski definition) is 1. The summed E-state index contributed by atoms with van der Waals surface area (Å²) in [6.07, 6.45) is 0.439. The molecule has 0 aromatic heterocycles. The second-order valence-corrected chi connectivity index (χ2v) is 8.85. The van der Waals surface area contributed by atoms with Crippen LogP contribution in [0.25, 0.3) is 0 Å². The Morgan fingerprint density at radius 1 is 1.19 bits per heavy atom. The zero-order valence-corrected chi connectivity index (χ0v) is 16.2. The van der Waals surface area contributed by atoms with Gasteiger partial charge in [-0.2, -0.15) is 0 Å². The van der Waals surface area contributed by atoms with Gasteiger partial charge in [0.15, 0.2) is 0 Å². The molecule has 27 heavy (non-hydrogen) atoms. The Balaban J connectivity index is 1.45. The molecule has 3 rings (SSSR count). The van der Waals surface area contributed by atoms with Gasteiger partial charge in [-0.15, -0.1) is 0 Å². The van der Waals surface area contributed by atoms with E-state index in [9.17, 15) is 18.4 Å². The third kappa shape index (κ3) is 4.30. The summed E-state index contributed by atoms with van der Waals surface area (Å²) in [6.45, 7) is 7.80. The van der Waals surface area contributed by atoms with Gasteiger partial charge in [0.1, 0.15) is 5.92 Å². The van der Waals surface area contributed by atoms with E-state index in [4.69, 9.17) is 0 Å². The summed E-state index contributed by atoms with van der Waals surface area (Å²) in [5.41, 5.74) is 1.86. The molecule has 1 aromatic rings. The maximum Gasteiger partial charge on any atom is 0.259 e. The molecule has 1 saturated carbocycles. The molecule has 2 amide bonds. The summed E-state index contributed by atoms with van der Waals surface area (Å²) in [5, 5.41) is 2.65. The molecule has 1 aliphatic carbocycles. The molecular formula is C21H28F2N2O2. The third-order valence-corrected chi connectivity index (χ3v) is 5.64. The number of carbonyl (C=O) groups is 2. The Hall–Kier alpha value is -1.98. The van der Waals surface area contributed by atoms with Crippen molar-refractivity contribution in [1.82, 2.24) is 10.2 Å². The molecule has 0 bridgehead atoms. The number of benzene rings is 1. The summed E-state index contributed by atoms with van der Waals surface area (Å²) in [6, 6.07) is 7.65. The van der Waals surface area contributed by atoms with Gasteiger partial charge in [-0.25, -0.2) is 8.78 Å². The van der Waals surface area contributed by atoms with E-state index in [2.05, 4.69) is 26.1 Å². The highest BCUT2D eigenvalue weighted by molar-refractivity contribution is 5.94. The van der Waals surface area contributed by atoms with Crippen LogP contribution >= 0.6 is 0 Å². The van der Waals surface area contributed by atoms with E-state index in [0.29, 0.717) is 31.6 Å². The fourth-order valence-electron chi connectivity index (χ4n) is 3.78. The first-order chi connectivity index (χ1) is 12.6. The number of halogens is 2. The molecule has 1 N–H and O–H groups in total. The van der Waals surface area contributed by atoms with Gasteiger partial charge in [0, 0.05) is 37.5 Å². The van der Waals surface area contributed by atoms with Crippen molar-refractivity contribution in [3.63, 3.8) is 0 Å². The smallest absolute Gasteiger partial charge is 0.259 e. The molecule has 6 heteroatoms. The van der Waals surface area contributed by atoms with Gasteiger partial charge in [-0.3, -0.25) is 9.59 Å². The standard InChI is InChI=1S/C21H28F2N2O2/c1-20(2,3)16-8-6-15(7-9-16)19(27)25-12-14(13-25)11-24-18(26)17-5-4-10-21(17,22)23/h6-9,14,17H,4-5,10-13H2,1-3H3,(H,24,26). The van der Waals surface area contributed by atoms with Gasteiger partial charge in [0.2, 0.25) is 5.91 Å². The van der Waals surface area contributed by atoms with Crippen LogP contribution in [0, 0.1) is 11.8 Å². The molecule has 0 radical (unpaired) electrons. The summed E-state index contributed by atoms with van der Waals surface area (Å²) >= 11 is 0. The van der Waals surface area contributed by atoms with Gasteiger partial charge < -0.3 is 10.2 Å². The maximum atomic E-state index is 13.6. The van der Waals surface area contributed by atoms with Crippen LogP contribution in [0.4, 0.5) is 8.78 Å². The molecule has 4 nitrogen and oxygen atoms in total. The lowest BCUT2D eigenvalue weighted by Gasteiger charge is -2.39. The summed E-state index contributed by atoms with van der Waals surface area (Å²) < 4.78 is 27.2. The average Bonchev–Trinajstić information content (AvgIpc) is 2.91. The molecule has 1 heterocycles. The summed E-state index contributed by atoms with van der Waals surface area (Å²) in [5.74, 6) is -4.54. The van der Waals surface area contributed by atoms with E-state index in [1.54, 1.807) is 4.90 Å². The van der Waals surface area contributed by atoms with Crippen molar-refractivity contribution in [3.05, 3.63) is 35.4 Å². The second-order valence-electron chi connectivity index (χ2n) is 8.85. The zero-order valence-electron chi connectivity index (χ0n) is 16.2. The minimum Gasteiger partial charge on any atom is -0.355 e. The number of hydrogen-bond acceptors (Lipinski definition) is 2. The molecule has 1 saturated heterocycles. The Morgan fingerprint density at radius 3 is 2.33 bits per heavy atom. The minimum atomic E-state index is -2.88. The van der Waals surface area contributed by atoms with Gasteiger partial charge in [-0.05, 0) is 36.0 Å². The lowest BCUT2D eigenvalue weighted by molar-refractivity contribution is -0.136. The highest BCUT2D eigenvalue weighted by Crippen LogP contribution is 2.40. The lowest BCUT2D eigenvalue weighted by atomic mass is 9.86. The quantitative estimate of drug-likeness (QED) is 0.870. The van der Waals surface area contributed by atoms with Crippen LogP contribution in [0.1, 0.15) is 56.0 Å². The van der Waals surface area contributed by atoms with Crippen molar-refractivity contribution in [2.45, 2.75) is 51.4 Å². The van der Waals surface area contributed by atoms with Gasteiger partial charge in [0.25, 0.3) is 11.8 Å². The topological polar surface area (TPSA) is 49.4 Å². The fourth-order valence-corrected chi connectivity index (χ4v) is 3.78. The van der Waals surface area contributed by atoms with Gasteiger partial charge in [-0.1, -0.05) is 32.9 Å². The van der Waals surface area contributed by atoms with Gasteiger partial charge >= 0.3 is 0 Å². The lowest BCUT2D eigenvalue weighted by Crippen LogP contribution is -2.54. The van der Waals surface area contributed by atoms with Gasteiger partial charge in [0.05, 0.1) is 0 Å². The van der Waals surface area contributed by atoms with Crippen molar-refractivity contribution < 1.29 is 18.4 Å². The number of carbonyl (C=O) groups excluding carboxylic acids is 2. The summed E-state index contributed by atoms with van der Waals surface area (Å²) in [4.78, 5) is 26.2. The second kappa shape index (κ2) is 7.21. The monoisotopic (exact) mass is 378 g/mol. The van der Waals surface area contributed by atoms with Crippen LogP contribution in [0.5, 0.6) is 0 Å². The third-order valence-electron chi connectivity index (χ3n) is 5.64. The number of nitrogens with one attached hydrogen (secondary N) is 1. The number of alkyl halides is 2. The van der Waals surface area contributed by atoms with Crippen LogP contribution in [0.2, 0.25) is 0 Å². The number of nitrogens with zero attached hydrogens (tertiary/aromatic N) is 1. The highest BCUT2D eigenvalue weighted by Gasteiger charge is 2.48. The van der Waals surface area contributed by atoms with E-state index >= 15 is 0 Å². The molecule has 148 valence electrons. The van der Waals surface area contributed by atoms with Crippen molar-refractivity contribution in [2.75, 3.05) is 19.6 Å². The molecular weight excluding hydrogens is 350 g/mol. The van der Waals surface area contributed by atoms with E-state index in [1.165, 1.54) is 5.56 Å². The van der Waals surface area contributed by atoms with E-state index in [0.717, 1.165) is 0 Å². The molecule has 2 fully saturated rings. The Morgan fingerprint density at radius 2 is 1.81 bits per heavy atom. The highest BCUT2D eigenvalue weighted by atomic mass is 19.3. The maximum absolute atomic E-state index is 13.6. The normalized spacial score (nSPS) is 22.4. The van der Waals surface area contributed by atoms with Crippen LogP contribution in [-0.2, 0) is 10.2 Å². The molecule has 1 atom stereocenters. The van der Waals surface area contributed by atoms with E-state index in [-0.39, 0.29) is 30.1 Å². The molecule has 1 unspecified atom stereocenters.